The number of hydrogen-bond donors (Lipinski definition) is 1. The van der Waals surface area contributed by atoms with E-state index in [9.17, 15) is 26.7 Å². The van der Waals surface area contributed by atoms with E-state index in [1.807, 2.05) is 0 Å². The number of alkyl halides is 4. The lowest BCUT2D eigenvalue weighted by Gasteiger charge is -2.15. The van der Waals surface area contributed by atoms with Gasteiger partial charge in [0.1, 0.15) is 6.17 Å². The van der Waals surface area contributed by atoms with Gasteiger partial charge in [0.25, 0.3) is 5.91 Å². The summed E-state index contributed by atoms with van der Waals surface area (Å²) >= 11 is 6.13. The molecule has 0 aliphatic heterocycles. The van der Waals surface area contributed by atoms with Crippen LogP contribution in [0, 0.1) is 5.95 Å². The lowest BCUT2D eigenvalue weighted by Crippen LogP contribution is -2.29. The summed E-state index contributed by atoms with van der Waals surface area (Å²) in [4.78, 5) is 15.7. The summed E-state index contributed by atoms with van der Waals surface area (Å²) in [5.41, 5.74) is -0.501. The number of carbonyl (C=O) groups is 1. The van der Waals surface area contributed by atoms with Gasteiger partial charge in [0.15, 0.2) is 0 Å². The van der Waals surface area contributed by atoms with Gasteiger partial charge in [-0.15, -0.1) is 0 Å². The maximum Gasteiger partial charge on any atom is 0.417 e. The van der Waals surface area contributed by atoms with Crippen LogP contribution in [0.3, 0.4) is 0 Å². The van der Waals surface area contributed by atoms with Gasteiger partial charge in [0.2, 0.25) is 5.95 Å². The van der Waals surface area contributed by atoms with Gasteiger partial charge < -0.3 is 5.32 Å². The van der Waals surface area contributed by atoms with Crippen molar-refractivity contribution in [3.8, 4) is 11.1 Å². The summed E-state index contributed by atoms with van der Waals surface area (Å²) in [5, 5.41) is 2.22. The van der Waals surface area contributed by atoms with Crippen molar-refractivity contribution >= 4 is 17.5 Å². The topological polar surface area (TPSA) is 42.0 Å². The molecule has 156 valence electrons. The van der Waals surface area contributed by atoms with Crippen LogP contribution in [0.4, 0.5) is 22.0 Å². The van der Waals surface area contributed by atoms with E-state index in [4.69, 9.17) is 11.6 Å². The van der Waals surface area contributed by atoms with Crippen LogP contribution in [0.25, 0.3) is 11.1 Å². The van der Waals surface area contributed by atoms with Crippen molar-refractivity contribution in [2.24, 2.45) is 0 Å². The Labute approximate surface area is 173 Å². The lowest BCUT2D eigenvalue weighted by atomic mass is 10.0. The Morgan fingerprint density at radius 2 is 1.77 bits per heavy atom. The summed E-state index contributed by atoms with van der Waals surface area (Å²) in [6.07, 6.45) is -5.16. The van der Waals surface area contributed by atoms with Crippen molar-refractivity contribution in [1.29, 1.82) is 0 Å². The Bertz CT molecular complexity index is 1050. The molecule has 0 spiro atoms. The van der Waals surface area contributed by atoms with Crippen LogP contribution in [-0.2, 0) is 6.18 Å². The molecule has 0 saturated carbocycles. The van der Waals surface area contributed by atoms with Crippen LogP contribution in [-0.4, -0.2) is 17.4 Å². The summed E-state index contributed by atoms with van der Waals surface area (Å²) in [6.45, 7) is -0.567. The van der Waals surface area contributed by atoms with Crippen LogP contribution in [0.1, 0.15) is 27.7 Å². The molecule has 2 aromatic carbocycles. The van der Waals surface area contributed by atoms with Gasteiger partial charge in [-0.3, -0.25) is 4.79 Å². The summed E-state index contributed by atoms with van der Waals surface area (Å²) in [5.74, 6) is -1.69. The highest BCUT2D eigenvalue weighted by atomic mass is 35.5. The van der Waals surface area contributed by atoms with Crippen molar-refractivity contribution in [1.82, 2.24) is 10.3 Å². The summed E-state index contributed by atoms with van der Waals surface area (Å²) < 4.78 is 66.6. The van der Waals surface area contributed by atoms with Crippen molar-refractivity contribution in [2.45, 2.75) is 12.3 Å². The van der Waals surface area contributed by atoms with E-state index in [2.05, 4.69) is 10.3 Å². The molecule has 0 bridgehead atoms. The first kappa shape index (κ1) is 21.7. The molecule has 1 atom stereocenters. The molecule has 1 unspecified atom stereocenters. The fourth-order valence-corrected chi connectivity index (χ4v) is 3.12. The van der Waals surface area contributed by atoms with Gasteiger partial charge in [0, 0.05) is 22.3 Å². The Morgan fingerprint density at radius 1 is 1.07 bits per heavy atom. The van der Waals surface area contributed by atoms with Crippen molar-refractivity contribution < 1.29 is 26.7 Å². The number of aromatic nitrogens is 1. The first-order chi connectivity index (χ1) is 14.2. The molecular formula is C21H14ClF5N2O. The molecular weight excluding hydrogens is 427 g/mol. The number of nitrogens with zero attached hydrogens (tertiary/aromatic N) is 1. The molecule has 1 aromatic heterocycles. The van der Waals surface area contributed by atoms with E-state index in [0.29, 0.717) is 11.1 Å². The molecule has 1 amide bonds. The lowest BCUT2D eigenvalue weighted by molar-refractivity contribution is -0.137. The van der Waals surface area contributed by atoms with Gasteiger partial charge in [-0.2, -0.15) is 17.6 Å². The number of halogens is 6. The predicted molar refractivity (Wildman–Crippen MR) is 102 cm³/mol. The SMILES string of the molecule is O=C(NCC(F)c1ccc(-c2ccc(F)nc2)cc1Cl)c1ccccc1C(F)(F)F. The van der Waals surface area contributed by atoms with Crippen LogP contribution in [0.5, 0.6) is 0 Å². The van der Waals surface area contributed by atoms with Gasteiger partial charge in [-0.05, 0) is 35.9 Å². The molecule has 0 radical (unpaired) electrons. The second-order valence-corrected chi connectivity index (χ2v) is 6.73. The molecule has 0 aliphatic carbocycles. The van der Waals surface area contributed by atoms with Crippen LogP contribution in [0.15, 0.2) is 60.8 Å². The smallest absolute Gasteiger partial charge is 0.349 e. The fraction of sp³-hybridized carbons (Fsp3) is 0.143. The Morgan fingerprint density at radius 3 is 2.40 bits per heavy atom. The van der Waals surface area contributed by atoms with E-state index >= 15 is 0 Å². The number of hydrogen-bond acceptors (Lipinski definition) is 2. The van der Waals surface area contributed by atoms with Crippen LogP contribution in [0.2, 0.25) is 5.02 Å². The standard InChI is InChI=1S/C21H14ClF5N2O/c22-17-9-12(13-6-8-19(24)28-10-13)5-7-15(17)18(23)11-29-20(30)14-3-1-2-4-16(14)21(25,26)27/h1-10,18H,11H2,(H,29,30). The van der Waals surface area contributed by atoms with Crippen molar-refractivity contribution in [3.05, 3.63) is 88.5 Å². The number of amides is 1. The number of nitrogens with one attached hydrogen (secondary N) is 1. The van der Waals surface area contributed by atoms with Gasteiger partial charge >= 0.3 is 6.18 Å². The number of carbonyl (C=O) groups excluding carboxylic acids is 1. The van der Waals surface area contributed by atoms with Crippen molar-refractivity contribution in [3.63, 3.8) is 0 Å². The summed E-state index contributed by atoms with van der Waals surface area (Å²) in [6, 6.07) is 11.3. The van der Waals surface area contributed by atoms with Crippen molar-refractivity contribution in [2.75, 3.05) is 6.54 Å². The van der Waals surface area contributed by atoms with Gasteiger partial charge in [-0.1, -0.05) is 35.9 Å². The average Bonchev–Trinajstić information content (AvgIpc) is 2.71. The molecule has 0 fully saturated rings. The highest BCUT2D eigenvalue weighted by molar-refractivity contribution is 6.31. The minimum Gasteiger partial charge on any atom is -0.349 e. The molecule has 3 rings (SSSR count). The number of benzene rings is 2. The molecule has 1 heterocycles. The molecule has 3 aromatic rings. The third kappa shape index (κ3) is 4.94. The normalized spacial score (nSPS) is 12.5. The van der Waals surface area contributed by atoms with E-state index in [1.54, 1.807) is 6.07 Å². The zero-order valence-electron chi connectivity index (χ0n) is 15.2. The third-order valence-electron chi connectivity index (χ3n) is 4.32. The minimum absolute atomic E-state index is 0.0502. The van der Waals surface area contributed by atoms with Crippen LogP contribution >= 0.6 is 11.6 Å². The molecule has 9 heteroatoms. The monoisotopic (exact) mass is 440 g/mol. The third-order valence-corrected chi connectivity index (χ3v) is 4.64. The molecule has 0 aliphatic rings. The molecule has 0 saturated heterocycles. The maximum atomic E-state index is 14.6. The second-order valence-electron chi connectivity index (χ2n) is 6.33. The Hall–Kier alpha value is -3.00. The zero-order valence-corrected chi connectivity index (χ0v) is 15.9. The Kier molecular flexibility index (Phi) is 6.36. The summed E-state index contributed by atoms with van der Waals surface area (Å²) in [7, 11) is 0. The highest BCUT2D eigenvalue weighted by Gasteiger charge is 2.34. The largest absolute Gasteiger partial charge is 0.417 e. The maximum absolute atomic E-state index is 14.6. The second kappa shape index (κ2) is 8.79. The van der Waals surface area contributed by atoms with Gasteiger partial charge in [0.05, 0.1) is 17.7 Å². The number of rotatable bonds is 5. The first-order valence-electron chi connectivity index (χ1n) is 8.66. The first-order valence-corrected chi connectivity index (χ1v) is 9.04. The van der Waals surface area contributed by atoms with E-state index < -0.39 is 41.9 Å². The zero-order chi connectivity index (χ0) is 21.9. The molecule has 30 heavy (non-hydrogen) atoms. The quantitative estimate of drug-likeness (QED) is 0.390. The molecule has 3 nitrogen and oxygen atoms in total. The molecule has 1 N–H and O–H groups in total. The highest BCUT2D eigenvalue weighted by Crippen LogP contribution is 2.33. The Balaban J connectivity index is 1.72. The fourth-order valence-electron chi connectivity index (χ4n) is 2.82. The van der Waals surface area contributed by atoms with E-state index in [0.717, 1.165) is 18.2 Å². The average molecular weight is 441 g/mol. The minimum atomic E-state index is -4.71. The number of pyridine rings is 1. The van der Waals surface area contributed by atoms with E-state index in [1.165, 1.54) is 36.5 Å². The van der Waals surface area contributed by atoms with E-state index in [-0.39, 0.29) is 10.6 Å². The van der Waals surface area contributed by atoms with Crippen LogP contribution < -0.4 is 5.32 Å². The predicted octanol–water partition coefficient (Wildman–Crippen LogP) is 6.00. The van der Waals surface area contributed by atoms with Gasteiger partial charge in [-0.25, -0.2) is 9.37 Å².